The van der Waals surface area contributed by atoms with Crippen LogP contribution in [0.15, 0.2) is 62.9 Å². The highest BCUT2D eigenvalue weighted by molar-refractivity contribution is 9.11. The lowest BCUT2D eigenvalue weighted by Crippen LogP contribution is -2.27. The zero-order valence-electron chi connectivity index (χ0n) is 15.0. The summed E-state index contributed by atoms with van der Waals surface area (Å²) in [7, 11) is 0. The zero-order chi connectivity index (χ0) is 21.0. The fourth-order valence-corrected chi connectivity index (χ4v) is 4.94. The summed E-state index contributed by atoms with van der Waals surface area (Å²) in [6.07, 6.45) is 3.18. The van der Waals surface area contributed by atoms with Crippen molar-refractivity contribution in [1.82, 2.24) is 4.90 Å². The van der Waals surface area contributed by atoms with E-state index in [-0.39, 0.29) is 24.3 Å². The van der Waals surface area contributed by atoms with E-state index in [1.54, 1.807) is 30.3 Å². The van der Waals surface area contributed by atoms with Gasteiger partial charge in [0.1, 0.15) is 12.4 Å². The molecule has 1 fully saturated rings. The molecule has 0 bridgehead atoms. The van der Waals surface area contributed by atoms with Crippen LogP contribution in [-0.2, 0) is 11.4 Å². The molecule has 0 N–H and O–H groups in total. The van der Waals surface area contributed by atoms with Crippen molar-refractivity contribution in [1.29, 1.82) is 5.26 Å². The SMILES string of the molecule is C=CCN1C(=O)S/C(=C/c2cc(Br)c(OCc3ccccc3C#N)c(Br)c2)C1=O. The smallest absolute Gasteiger partial charge is 0.293 e. The van der Waals surface area contributed by atoms with Gasteiger partial charge in [0.25, 0.3) is 11.1 Å². The van der Waals surface area contributed by atoms with Crippen LogP contribution in [0.5, 0.6) is 5.75 Å². The number of halogens is 2. The number of carbonyl (C=O) groups excluding carboxylic acids is 2. The third-order valence-electron chi connectivity index (χ3n) is 4.01. The highest BCUT2D eigenvalue weighted by atomic mass is 79.9. The van der Waals surface area contributed by atoms with Gasteiger partial charge in [0.05, 0.1) is 25.5 Å². The van der Waals surface area contributed by atoms with Gasteiger partial charge < -0.3 is 4.74 Å². The van der Waals surface area contributed by atoms with E-state index in [2.05, 4.69) is 44.5 Å². The Morgan fingerprint density at radius 2 is 1.90 bits per heavy atom. The normalized spacial score (nSPS) is 14.9. The summed E-state index contributed by atoms with van der Waals surface area (Å²) in [4.78, 5) is 25.8. The first-order valence-electron chi connectivity index (χ1n) is 8.40. The number of hydrogen-bond acceptors (Lipinski definition) is 5. The van der Waals surface area contributed by atoms with Crippen molar-refractivity contribution >= 4 is 60.8 Å². The van der Waals surface area contributed by atoms with Crippen molar-refractivity contribution in [3.63, 3.8) is 0 Å². The molecule has 1 saturated heterocycles. The summed E-state index contributed by atoms with van der Waals surface area (Å²) in [5, 5.41) is 8.89. The minimum atomic E-state index is -0.333. The quantitative estimate of drug-likeness (QED) is 0.342. The number of benzene rings is 2. The van der Waals surface area contributed by atoms with E-state index in [0.29, 0.717) is 25.2 Å². The molecule has 0 saturated carbocycles. The van der Waals surface area contributed by atoms with Crippen LogP contribution in [0.25, 0.3) is 6.08 Å². The number of carbonyl (C=O) groups is 2. The third-order valence-corrected chi connectivity index (χ3v) is 6.10. The lowest BCUT2D eigenvalue weighted by atomic mass is 10.1. The van der Waals surface area contributed by atoms with E-state index in [1.807, 2.05) is 12.1 Å². The van der Waals surface area contributed by atoms with E-state index in [1.165, 1.54) is 6.08 Å². The van der Waals surface area contributed by atoms with Crippen molar-refractivity contribution in [3.05, 3.63) is 79.6 Å². The van der Waals surface area contributed by atoms with Crippen molar-refractivity contribution in [3.8, 4) is 11.8 Å². The van der Waals surface area contributed by atoms with E-state index in [9.17, 15) is 14.9 Å². The molecule has 5 nitrogen and oxygen atoms in total. The van der Waals surface area contributed by atoms with Gasteiger partial charge in [0.15, 0.2) is 0 Å². The Labute approximate surface area is 189 Å². The maximum atomic E-state index is 12.4. The molecule has 1 heterocycles. The Hall–Kier alpha value is -2.34. The Kier molecular flexibility index (Phi) is 6.96. The number of thioether (sulfide) groups is 1. The number of nitrogens with zero attached hydrogens (tertiary/aromatic N) is 2. The number of ether oxygens (including phenoxy) is 1. The first-order chi connectivity index (χ1) is 13.9. The predicted molar refractivity (Wildman–Crippen MR) is 120 cm³/mol. The number of imide groups is 1. The standard InChI is InChI=1S/C21H14Br2N2O3S/c1-2-7-25-20(26)18(29-21(25)27)10-13-8-16(22)19(17(23)9-13)28-12-15-6-4-3-5-14(15)11-24/h2-6,8-10H,1,7,12H2/b18-10+. The molecule has 2 amide bonds. The van der Waals surface area contributed by atoms with Crippen LogP contribution in [0, 0.1) is 11.3 Å². The van der Waals surface area contributed by atoms with Gasteiger partial charge in [-0.1, -0.05) is 24.3 Å². The molecule has 0 aliphatic carbocycles. The third kappa shape index (κ3) is 4.81. The molecule has 1 aliphatic heterocycles. The topological polar surface area (TPSA) is 70.4 Å². The first-order valence-corrected chi connectivity index (χ1v) is 10.8. The summed E-state index contributed by atoms with van der Waals surface area (Å²) >= 11 is 7.88. The molecular weight excluding hydrogens is 520 g/mol. The number of hydrogen-bond donors (Lipinski definition) is 0. The van der Waals surface area contributed by atoms with Gasteiger partial charge in [-0.05, 0) is 73.5 Å². The Morgan fingerprint density at radius 3 is 2.55 bits per heavy atom. The molecule has 8 heteroatoms. The van der Waals surface area contributed by atoms with Gasteiger partial charge >= 0.3 is 0 Å². The molecular formula is C21H14Br2N2O3S. The fraction of sp³-hybridized carbons (Fsp3) is 0.0952. The van der Waals surface area contributed by atoms with E-state index in [4.69, 9.17) is 4.74 Å². The van der Waals surface area contributed by atoms with Gasteiger partial charge in [-0.15, -0.1) is 6.58 Å². The van der Waals surface area contributed by atoms with Crippen molar-refractivity contribution < 1.29 is 14.3 Å². The molecule has 3 rings (SSSR count). The lowest BCUT2D eigenvalue weighted by molar-refractivity contribution is -0.122. The molecule has 146 valence electrons. The van der Waals surface area contributed by atoms with Crippen LogP contribution in [0.1, 0.15) is 16.7 Å². The molecule has 2 aromatic rings. The van der Waals surface area contributed by atoms with Gasteiger partial charge in [0, 0.05) is 12.1 Å². The van der Waals surface area contributed by atoms with Gasteiger partial charge in [-0.2, -0.15) is 5.26 Å². The van der Waals surface area contributed by atoms with Crippen LogP contribution < -0.4 is 4.74 Å². The molecule has 1 aliphatic rings. The minimum absolute atomic E-state index is 0.187. The highest BCUT2D eigenvalue weighted by Gasteiger charge is 2.34. The highest BCUT2D eigenvalue weighted by Crippen LogP contribution is 2.38. The molecule has 0 atom stereocenters. The average molecular weight is 534 g/mol. The second-order valence-corrected chi connectivity index (χ2v) is 8.65. The van der Waals surface area contributed by atoms with Crippen LogP contribution in [-0.4, -0.2) is 22.6 Å². The summed E-state index contributed by atoms with van der Waals surface area (Å²) < 4.78 is 7.25. The summed E-state index contributed by atoms with van der Waals surface area (Å²) in [6, 6.07) is 13.0. The molecule has 0 spiro atoms. The van der Waals surface area contributed by atoms with E-state index >= 15 is 0 Å². The lowest BCUT2D eigenvalue weighted by Gasteiger charge is -2.12. The average Bonchev–Trinajstić information content (AvgIpc) is 2.95. The van der Waals surface area contributed by atoms with E-state index < -0.39 is 0 Å². The zero-order valence-corrected chi connectivity index (χ0v) is 19.0. The van der Waals surface area contributed by atoms with Crippen LogP contribution in [0.3, 0.4) is 0 Å². The second-order valence-electron chi connectivity index (χ2n) is 5.95. The van der Waals surface area contributed by atoms with Gasteiger partial charge in [-0.25, -0.2) is 0 Å². The summed E-state index contributed by atoms with van der Waals surface area (Å²) in [5.74, 6) is 0.246. The van der Waals surface area contributed by atoms with Crippen molar-refractivity contribution in [2.75, 3.05) is 6.54 Å². The maximum Gasteiger partial charge on any atom is 0.293 e. The van der Waals surface area contributed by atoms with E-state index in [0.717, 1.165) is 27.8 Å². The van der Waals surface area contributed by atoms with Crippen molar-refractivity contribution in [2.24, 2.45) is 0 Å². The Bertz CT molecular complexity index is 1050. The fourth-order valence-electron chi connectivity index (χ4n) is 2.64. The second kappa shape index (κ2) is 9.44. The Balaban J connectivity index is 1.81. The number of rotatable bonds is 6. The van der Waals surface area contributed by atoms with Crippen LogP contribution in [0.2, 0.25) is 0 Å². The van der Waals surface area contributed by atoms with Gasteiger partial charge in [-0.3, -0.25) is 14.5 Å². The summed E-state index contributed by atoms with van der Waals surface area (Å²) in [5.41, 5.74) is 2.08. The molecule has 0 radical (unpaired) electrons. The molecule has 0 unspecified atom stereocenters. The molecule has 2 aromatic carbocycles. The summed E-state index contributed by atoms with van der Waals surface area (Å²) in [6.45, 7) is 3.99. The maximum absolute atomic E-state index is 12.4. The predicted octanol–water partition coefficient (Wildman–Crippen LogP) is 5.88. The largest absolute Gasteiger partial charge is 0.486 e. The van der Waals surface area contributed by atoms with Gasteiger partial charge in [0.2, 0.25) is 0 Å². The van der Waals surface area contributed by atoms with Crippen LogP contribution in [0.4, 0.5) is 4.79 Å². The monoisotopic (exact) mass is 532 g/mol. The molecule has 29 heavy (non-hydrogen) atoms. The van der Waals surface area contributed by atoms with Crippen molar-refractivity contribution in [2.45, 2.75) is 6.61 Å². The first kappa shape index (κ1) is 21.4. The minimum Gasteiger partial charge on any atom is -0.486 e. The Morgan fingerprint density at radius 1 is 1.21 bits per heavy atom. The number of nitriles is 1. The number of amides is 2. The molecule has 0 aromatic heterocycles. The van der Waals surface area contributed by atoms with Crippen LogP contribution >= 0.6 is 43.6 Å².